The van der Waals surface area contributed by atoms with Gasteiger partial charge in [-0.25, -0.2) is 0 Å². The highest BCUT2D eigenvalue weighted by Crippen LogP contribution is 1.96. The molecular formula is C16H24N2. The van der Waals surface area contributed by atoms with Crippen molar-refractivity contribution >= 4 is 12.4 Å². The fourth-order valence-corrected chi connectivity index (χ4v) is 1.05. The first kappa shape index (κ1) is 16.3. The van der Waals surface area contributed by atoms with Gasteiger partial charge in [-0.2, -0.15) is 0 Å². The smallest absolute Gasteiger partial charge is 0.0822 e. The average molecular weight is 244 g/mol. The van der Waals surface area contributed by atoms with Gasteiger partial charge < -0.3 is 0 Å². The molecule has 0 aliphatic rings. The summed E-state index contributed by atoms with van der Waals surface area (Å²) >= 11 is 0. The third kappa shape index (κ3) is 10.8. The SMILES string of the molecule is C=C(/C=C\C=C/CC)N=CC(C)N=C/C=C\CC. The number of nitrogens with zero attached hydrogens (tertiary/aromatic N) is 2. The van der Waals surface area contributed by atoms with Crippen LogP contribution in [0.3, 0.4) is 0 Å². The second-order valence-electron chi connectivity index (χ2n) is 3.84. The first-order valence-corrected chi connectivity index (χ1v) is 6.45. The maximum absolute atomic E-state index is 4.30. The number of aliphatic imine (C=N–C) groups is 2. The van der Waals surface area contributed by atoms with Crippen LogP contribution in [0.5, 0.6) is 0 Å². The van der Waals surface area contributed by atoms with Crippen molar-refractivity contribution in [2.45, 2.75) is 39.7 Å². The Morgan fingerprint density at radius 3 is 2.44 bits per heavy atom. The summed E-state index contributed by atoms with van der Waals surface area (Å²) < 4.78 is 0. The number of hydrogen-bond donors (Lipinski definition) is 0. The van der Waals surface area contributed by atoms with Crippen molar-refractivity contribution in [1.82, 2.24) is 0 Å². The largest absolute Gasteiger partial charge is 0.284 e. The zero-order valence-electron chi connectivity index (χ0n) is 11.7. The molecule has 0 aromatic rings. The van der Waals surface area contributed by atoms with E-state index in [1.54, 1.807) is 6.21 Å². The summed E-state index contributed by atoms with van der Waals surface area (Å²) in [5, 5.41) is 0. The van der Waals surface area contributed by atoms with Crippen LogP contribution in [-0.2, 0) is 0 Å². The lowest BCUT2D eigenvalue weighted by molar-refractivity contribution is 1.00. The van der Waals surface area contributed by atoms with Crippen LogP contribution in [0.4, 0.5) is 0 Å². The molecule has 2 nitrogen and oxygen atoms in total. The van der Waals surface area contributed by atoms with E-state index in [4.69, 9.17) is 0 Å². The first-order valence-electron chi connectivity index (χ1n) is 6.45. The van der Waals surface area contributed by atoms with E-state index >= 15 is 0 Å². The molecule has 0 aromatic heterocycles. The molecule has 0 bridgehead atoms. The normalized spacial score (nSPS) is 14.8. The highest BCUT2D eigenvalue weighted by atomic mass is 14.8. The molecule has 0 heterocycles. The summed E-state index contributed by atoms with van der Waals surface area (Å²) in [6.45, 7) is 10.0. The van der Waals surface area contributed by atoms with Gasteiger partial charge in [0, 0.05) is 12.4 Å². The molecule has 1 unspecified atom stereocenters. The van der Waals surface area contributed by atoms with Gasteiger partial charge in [-0.1, -0.05) is 44.7 Å². The number of rotatable bonds is 8. The quantitative estimate of drug-likeness (QED) is 0.443. The molecule has 2 heteroatoms. The molecule has 98 valence electrons. The van der Waals surface area contributed by atoms with Crippen LogP contribution in [0.25, 0.3) is 0 Å². The van der Waals surface area contributed by atoms with Gasteiger partial charge in [0.1, 0.15) is 0 Å². The van der Waals surface area contributed by atoms with Crippen LogP contribution in [0.1, 0.15) is 33.6 Å². The van der Waals surface area contributed by atoms with Crippen molar-refractivity contribution < 1.29 is 0 Å². The lowest BCUT2D eigenvalue weighted by Gasteiger charge is -1.96. The summed E-state index contributed by atoms with van der Waals surface area (Å²) in [5.74, 6) is 0. The molecule has 0 radical (unpaired) electrons. The van der Waals surface area contributed by atoms with Crippen molar-refractivity contribution in [2.75, 3.05) is 0 Å². The van der Waals surface area contributed by atoms with Crippen LogP contribution in [-0.4, -0.2) is 18.5 Å². The maximum atomic E-state index is 4.30. The Kier molecular flexibility index (Phi) is 10.7. The Hall–Kier alpha value is -1.70. The van der Waals surface area contributed by atoms with E-state index in [2.05, 4.69) is 42.6 Å². The second kappa shape index (κ2) is 11.8. The van der Waals surface area contributed by atoms with Gasteiger partial charge in [0.25, 0.3) is 0 Å². The summed E-state index contributed by atoms with van der Waals surface area (Å²) in [4.78, 5) is 8.55. The molecule has 0 aliphatic heterocycles. The van der Waals surface area contributed by atoms with E-state index in [9.17, 15) is 0 Å². The topological polar surface area (TPSA) is 24.7 Å². The molecule has 0 N–H and O–H groups in total. The minimum absolute atomic E-state index is 0.0721. The molecule has 1 atom stereocenters. The fraction of sp³-hybridized carbons (Fsp3) is 0.375. The highest BCUT2D eigenvalue weighted by molar-refractivity contribution is 5.75. The van der Waals surface area contributed by atoms with Crippen LogP contribution in [0.2, 0.25) is 0 Å². The maximum Gasteiger partial charge on any atom is 0.0822 e. The zero-order valence-corrected chi connectivity index (χ0v) is 11.7. The lowest BCUT2D eigenvalue weighted by atomic mass is 10.3. The molecule has 0 saturated carbocycles. The predicted octanol–water partition coefficient (Wildman–Crippen LogP) is 4.52. The predicted molar refractivity (Wildman–Crippen MR) is 83.6 cm³/mol. The molecule has 0 amide bonds. The van der Waals surface area contributed by atoms with Crippen LogP contribution in [0.15, 0.2) is 58.7 Å². The summed E-state index contributed by atoms with van der Waals surface area (Å²) in [6.07, 6.45) is 17.6. The van der Waals surface area contributed by atoms with Gasteiger partial charge in [0.15, 0.2) is 0 Å². The van der Waals surface area contributed by atoms with E-state index in [-0.39, 0.29) is 6.04 Å². The van der Waals surface area contributed by atoms with E-state index in [1.807, 2.05) is 37.4 Å². The monoisotopic (exact) mass is 244 g/mol. The first-order chi connectivity index (χ1) is 8.70. The zero-order chi connectivity index (χ0) is 13.6. The average Bonchev–Trinajstić information content (AvgIpc) is 2.37. The summed E-state index contributed by atoms with van der Waals surface area (Å²) in [7, 11) is 0. The van der Waals surface area contributed by atoms with E-state index in [0.717, 1.165) is 18.5 Å². The molecular weight excluding hydrogens is 220 g/mol. The molecule has 0 spiro atoms. The molecule has 0 aromatic carbocycles. The van der Waals surface area contributed by atoms with Crippen molar-refractivity contribution in [3.8, 4) is 0 Å². The van der Waals surface area contributed by atoms with Crippen molar-refractivity contribution in [3.05, 3.63) is 48.7 Å². The highest BCUT2D eigenvalue weighted by Gasteiger charge is 1.90. The minimum atomic E-state index is 0.0721. The van der Waals surface area contributed by atoms with Crippen molar-refractivity contribution in [3.63, 3.8) is 0 Å². The number of hydrogen-bond acceptors (Lipinski definition) is 2. The lowest BCUT2D eigenvalue weighted by Crippen LogP contribution is -1.98. The third-order valence-electron chi connectivity index (χ3n) is 2.01. The molecule has 0 rings (SSSR count). The van der Waals surface area contributed by atoms with Crippen LogP contribution >= 0.6 is 0 Å². The summed E-state index contributed by atoms with van der Waals surface area (Å²) in [5.41, 5.74) is 0.738. The Bertz CT molecular complexity index is 357. The standard InChI is InChI=1S/C16H24N2/c1-5-7-9-10-12-15(3)18-14-16(4)17-13-11-8-6-2/h7-14,16H,3,5-6H2,1-2,4H3/b9-7-,11-8-,12-10-,17-13?,18-14?. The molecule has 0 saturated heterocycles. The van der Waals surface area contributed by atoms with Gasteiger partial charge in [0.05, 0.1) is 11.7 Å². The second-order valence-corrected chi connectivity index (χ2v) is 3.84. The number of allylic oxidation sites excluding steroid dienone is 6. The summed E-state index contributed by atoms with van der Waals surface area (Å²) in [6, 6.07) is 0.0721. The molecule has 0 fully saturated rings. The van der Waals surface area contributed by atoms with Crippen LogP contribution < -0.4 is 0 Å². The van der Waals surface area contributed by atoms with E-state index in [1.165, 1.54) is 0 Å². The molecule has 0 aliphatic carbocycles. The minimum Gasteiger partial charge on any atom is -0.284 e. The van der Waals surface area contributed by atoms with E-state index in [0.29, 0.717) is 0 Å². The Morgan fingerprint density at radius 1 is 1.11 bits per heavy atom. The van der Waals surface area contributed by atoms with Gasteiger partial charge in [-0.3, -0.25) is 9.98 Å². The van der Waals surface area contributed by atoms with Gasteiger partial charge in [-0.05, 0) is 31.9 Å². The Balaban J connectivity index is 4.09. The van der Waals surface area contributed by atoms with Crippen molar-refractivity contribution in [2.24, 2.45) is 9.98 Å². The van der Waals surface area contributed by atoms with Gasteiger partial charge in [-0.15, -0.1) is 0 Å². The Morgan fingerprint density at radius 2 is 1.78 bits per heavy atom. The van der Waals surface area contributed by atoms with Gasteiger partial charge >= 0.3 is 0 Å². The van der Waals surface area contributed by atoms with Crippen LogP contribution in [0, 0.1) is 0 Å². The van der Waals surface area contributed by atoms with E-state index < -0.39 is 0 Å². The Labute approximate surface area is 111 Å². The third-order valence-corrected chi connectivity index (χ3v) is 2.01. The fourth-order valence-electron chi connectivity index (χ4n) is 1.05. The van der Waals surface area contributed by atoms with Gasteiger partial charge in [0.2, 0.25) is 0 Å². The molecule has 18 heavy (non-hydrogen) atoms. The van der Waals surface area contributed by atoms with Crippen molar-refractivity contribution in [1.29, 1.82) is 0 Å².